The first-order valence-corrected chi connectivity index (χ1v) is 8.22. The Kier molecular flexibility index (Phi) is 5.12. The summed E-state index contributed by atoms with van der Waals surface area (Å²) in [6, 6.07) is -1.02. The molecule has 0 aromatic heterocycles. The van der Waals surface area contributed by atoms with E-state index in [2.05, 4.69) is 5.32 Å². The van der Waals surface area contributed by atoms with Gasteiger partial charge in [-0.25, -0.2) is 9.59 Å². The molecule has 1 saturated heterocycles. The predicted molar refractivity (Wildman–Crippen MR) is 81.1 cm³/mol. The highest BCUT2D eigenvalue weighted by atomic mass is 16.4. The number of likely N-dealkylation sites (tertiary alicyclic amines) is 1. The summed E-state index contributed by atoms with van der Waals surface area (Å²) in [5, 5.41) is 11.8. The zero-order valence-electron chi connectivity index (χ0n) is 13.2. The van der Waals surface area contributed by atoms with Gasteiger partial charge in [0.05, 0.1) is 0 Å². The van der Waals surface area contributed by atoms with Gasteiger partial charge in [-0.2, -0.15) is 0 Å². The Morgan fingerprint density at radius 1 is 1.05 bits per heavy atom. The Labute approximate surface area is 127 Å². The fraction of sp³-hybridized carbons (Fsp3) is 0.875. The molecule has 1 aliphatic carbocycles. The van der Waals surface area contributed by atoms with E-state index in [0.717, 1.165) is 25.9 Å². The number of hydrogen-bond acceptors (Lipinski definition) is 2. The summed E-state index contributed by atoms with van der Waals surface area (Å²) < 4.78 is 0. The Balaban J connectivity index is 1.86. The van der Waals surface area contributed by atoms with Gasteiger partial charge < -0.3 is 15.3 Å². The van der Waals surface area contributed by atoms with E-state index in [1.165, 1.54) is 32.1 Å². The Morgan fingerprint density at radius 3 is 2.10 bits per heavy atom. The van der Waals surface area contributed by atoms with E-state index in [0.29, 0.717) is 5.41 Å². The summed E-state index contributed by atoms with van der Waals surface area (Å²) in [7, 11) is 0. The van der Waals surface area contributed by atoms with Gasteiger partial charge in [-0.1, -0.05) is 33.1 Å². The van der Waals surface area contributed by atoms with Gasteiger partial charge in [0.2, 0.25) is 0 Å². The monoisotopic (exact) mass is 296 g/mol. The molecule has 0 aromatic rings. The van der Waals surface area contributed by atoms with Gasteiger partial charge in [0.15, 0.2) is 0 Å². The number of piperidine rings is 1. The lowest BCUT2D eigenvalue weighted by Gasteiger charge is -2.44. The Bertz CT molecular complexity index is 379. The van der Waals surface area contributed by atoms with Crippen LogP contribution in [0.25, 0.3) is 0 Å². The summed E-state index contributed by atoms with van der Waals surface area (Å²) in [6.07, 6.45) is 8.72. The van der Waals surface area contributed by atoms with Crippen LogP contribution in [0.2, 0.25) is 0 Å². The van der Waals surface area contributed by atoms with Crippen molar-refractivity contribution in [2.24, 2.45) is 11.3 Å². The maximum absolute atomic E-state index is 12.2. The van der Waals surface area contributed by atoms with Gasteiger partial charge in [-0.15, -0.1) is 0 Å². The molecule has 120 valence electrons. The molecule has 2 rings (SSSR count). The Morgan fingerprint density at radius 2 is 1.62 bits per heavy atom. The van der Waals surface area contributed by atoms with E-state index >= 15 is 0 Å². The fourth-order valence-electron chi connectivity index (χ4n) is 3.72. The lowest BCUT2D eigenvalue weighted by atomic mass is 9.68. The molecular formula is C16H28N2O3. The molecule has 1 saturated carbocycles. The highest BCUT2D eigenvalue weighted by Gasteiger charge is 2.37. The molecule has 1 heterocycles. The average molecular weight is 296 g/mol. The molecule has 0 radical (unpaired) electrons. The number of nitrogens with one attached hydrogen (secondary N) is 1. The van der Waals surface area contributed by atoms with Crippen LogP contribution in [0.15, 0.2) is 0 Å². The van der Waals surface area contributed by atoms with Crippen molar-refractivity contribution in [2.45, 2.75) is 64.8 Å². The predicted octanol–water partition coefficient (Wildman–Crippen LogP) is 2.85. The van der Waals surface area contributed by atoms with E-state index in [1.807, 2.05) is 13.8 Å². The normalized spacial score (nSPS) is 23.1. The molecule has 0 bridgehead atoms. The third kappa shape index (κ3) is 3.89. The number of carboxylic acids is 1. The van der Waals surface area contributed by atoms with E-state index in [-0.39, 0.29) is 11.9 Å². The van der Waals surface area contributed by atoms with Gasteiger partial charge >= 0.3 is 12.0 Å². The third-order valence-corrected chi connectivity index (χ3v) is 5.24. The summed E-state index contributed by atoms with van der Waals surface area (Å²) >= 11 is 0. The van der Waals surface area contributed by atoms with Crippen LogP contribution in [0.4, 0.5) is 4.79 Å². The number of aliphatic carboxylic acids is 1. The van der Waals surface area contributed by atoms with Crippen LogP contribution in [-0.4, -0.2) is 41.1 Å². The van der Waals surface area contributed by atoms with E-state index in [9.17, 15) is 9.59 Å². The maximum Gasteiger partial charge on any atom is 0.326 e. The lowest BCUT2D eigenvalue weighted by molar-refractivity contribution is -0.140. The first-order valence-electron chi connectivity index (χ1n) is 8.22. The third-order valence-electron chi connectivity index (χ3n) is 5.24. The van der Waals surface area contributed by atoms with Crippen LogP contribution in [0.3, 0.4) is 0 Å². The van der Waals surface area contributed by atoms with Crippen LogP contribution in [0.1, 0.15) is 58.8 Å². The molecule has 1 aliphatic heterocycles. The van der Waals surface area contributed by atoms with Crippen molar-refractivity contribution in [1.29, 1.82) is 0 Å². The molecule has 2 N–H and O–H groups in total. The zero-order chi connectivity index (χ0) is 15.5. The van der Waals surface area contributed by atoms with Gasteiger partial charge in [0, 0.05) is 13.1 Å². The molecule has 2 amide bonds. The molecule has 2 fully saturated rings. The lowest BCUT2D eigenvalue weighted by Crippen LogP contribution is -2.53. The van der Waals surface area contributed by atoms with Crippen molar-refractivity contribution < 1.29 is 14.7 Å². The number of carbonyl (C=O) groups excluding carboxylic acids is 1. The van der Waals surface area contributed by atoms with Crippen LogP contribution < -0.4 is 5.32 Å². The van der Waals surface area contributed by atoms with Gasteiger partial charge in [-0.05, 0) is 37.0 Å². The molecule has 0 aromatic carbocycles. The topological polar surface area (TPSA) is 69.6 Å². The first kappa shape index (κ1) is 16.1. The number of hydrogen-bond donors (Lipinski definition) is 2. The molecule has 5 nitrogen and oxygen atoms in total. The van der Waals surface area contributed by atoms with Crippen molar-refractivity contribution in [3.63, 3.8) is 0 Å². The summed E-state index contributed by atoms with van der Waals surface area (Å²) in [4.78, 5) is 25.2. The number of urea groups is 1. The summed E-state index contributed by atoms with van der Waals surface area (Å²) in [6.45, 7) is 5.14. The van der Waals surface area contributed by atoms with Crippen LogP contribution in [0.5, 0.6) is 0 Å². The quantitative estimate of drug-likeness (QED) is 0.841. The minimum Gasteiger partial charge on any atom is -0.480 e. The maximum atomic E-state index is 12.2. The molecule has 0 unspecified atom stereocenters. The molecule has 5 heteroatoms. The van der Waals surface area contributed by atoms with Gasteiger partial charge in [0.25, 0.3) is 0 Å². The van der Waals surface area contributed by atoms with Crippen LogP contribution >= 0.6 is 0 Å². The van der Waals surface area contributed by atoms with Crippen molar-refractivity contribution in [3.8, 4) is 0 Å². The number of rotatable bonds is 3. The number of amides is 2. The second-order valence-electron chi connectivity index (χ2n) is 7.06. The number of carbonyl (C=O) groups is 2. The van der Waals surface area contributed by atoms with E-state index in [4.69, 9.17) is 5.11 Å². The van der Waals surface area contributed by atoms with Gasteiger partial charge in [-0.3, -0.25) is 0 Å². The zero-order valence-corrected chi connectivity index (χ0v) is 13.2. The minimum absolute atomic E-state index is 0.110. The first-order chi connectivity index (χ1) is 9.93. The van der Waals surface area contributed by atoms with Crippen LogP contribution in [0, 0.1) is 11.3 Å². The molecule has 2 aliphatic rings. The number of carboxylic acid groups (broad SMARTS) is 1. The molecule has 1 spiro atoms. The standard InChI is InChI=1S/C16H28N2O3/c1-12(2)13(14(19)20)17-15(21)18-10-8-16(9-11-18)6-4-3-5-7-16/h12-13H,3-11H2,1-2H3,(H,17,21)(H,19,20)/t13-/m1/s1. The second-order valence-corrected chi connectivity index (χ2v) is 7.06. The van der Waals surface area contributed by atoms with E-state index < -0.39 is 12.0 Å². The average Bonchev–Trinajstić information content (AvgIpc) is 2.45. The number of nitrogens with zero attached hydrogens (tertiary/aromatic N) is 1. The van der Waals surface area contributed by atoms with Gasteiger partial charge in [0.1, 0.15) is 6.04 Å². The van der Waals surface area contributed by atoms with Crippen molar-refractivity contribution in [2.75, 3.05) is 13.1 Å². The molecule has 1 atom stereocenters. The van der Waals surface area contributed by atoms with Crippen molar-refractivity contribution >= 4 is 12.0 Å². The molecular weight excluding hydrogens is 268 g/mol. The van der Waals surface area contributed by atoms with Crippen molar-refractivity contribution in [1.82, 2.24) is 10.2 Å². The van der Waals surface area contributed by atoms with Crippen molar-refractivity contribution in [3.05, 3.63) is 0 Å². The largest absolute Gasteiger partial charge is 0.480 e. The fourth-order valence-corrected chi connectivity index (χ4v) is 3.72. The highest BCUT2D eigenvalue weighted by Crippen LogP contribution is 2.44. The smallest absolute Gasteiger partial charge is 0.326 e. The van der Waals surface area contributed by atoms with E-state index in [1.54, 1.807) is 4.90 Å². The second kappa shape index (κ2) is 6.67. The summed E-state index contributed by atoms with van der Waals surface area (Å²) in [5.74, 6) is -1.07. The summed E-state index contributed by atoms with van der Waals surface area (Å²) in [5.41, 5.74) is 0.458. The highest BCUT2D eigenvalue weighted by molar-refractivity contribution is 5.82. The Hall–Kier alpha value is -1.26. The minimum atomic E-state index is -0.959. The molecule has 21 heavy (non-hydrogen) atoms. The van der Waals surface area contributed by atoms with Crippen LogP contribution in [-0.2, 0) is 4.79 Å². The SMILES string of the molecule is CC(C)[C@@H](NC(=O)N1CCC2(CCCCC2)CC1)C(=O)O.